The number of Topliss-reactive ketones (excluding diaryl/α,β-unsaturated/α-hetero) is 1. The van der Waals surface area contributed by atoms with Gasteiger partial charge in [-0.15, -0.1) is 0 Å². The van der Waals surface area contributed by atoms with Crippen LogP contribution in [0.25, 0.3) is 0 Å². The zero-order valence-corrected chi connectivity index (χ0v) is 9.60. The molecule has 0 radical (unpaired) electrons. The Bertz CT molecular complexity index is 388. The van der Waals surface area contributed by atoms with E-state index in [2.05, 4.69) is 12.2 Å². The van der Waals surface area contributed by atoms with Gasteiger partial charge in [0.25, 0.3) is 0 Å². The number of hydrogen-bond donors (Lipinski definition) is 0. The number of ether oxygens (including phenoxy) is 2. The summed E-state index contributed by atoms with van der Waals surface area (Å²) in [5.74, 6) is -0.513. The van der Waals surface area contributed by atoms with Crippen molar-refractivity contribution >= 4 is 5.78 Å². The summed E-state index contributed by atoms with van der Waals surface area (Å²) in [6, 6.07) is 0. The molecule has 0 amide bonds. The van der Waals surface area contributed by atoms with Gasteiger partial charge in [0.2, 0.25) is 5.79 Å². The smallest absolute Gasteiger partial charge is 0.201 e. The Morgan fingerprint density at radius 2 is 2.00 bits per heavy atom. The van der Waals surface area contributed by atoms with E-state index in [1.807, 2.05) is 19.9 Å². The second-order valence-electron chi connectivity index (χ2n) is 4.81. The van der Waals surface area contributed by atoms with Crippen LogP contribution in [0, 0.1) is 17.8 Å². The molecule has 1 aliphatic heterocycles. The first-order valence-corrected chi connectivity index (χ1v) is 5.87. The molecule has 0 N–H and O–H groups in total. The number of carbonyl (C=O) groups excluding carboxylic acids is 1. The van der Waals surface area contributed by atoms with Crippen molar-refractivity contribution in [2.45, 2.75) is 19.6 Å². The summed E-state index contributed by atoms with van der Waals surface area (Å²) in [6.07, 6.45) is 6.14. The summed E-state index contributed by atoms with van der Waals surface area (Å²) in [7, 11) is 0. The molecule has 16 heavy (non-hydrogen) atoms. The lowest BCUT2D eigenvalue weighted by Crippen LogP contribution is -2.52. The zero-order chi connectivity index (χ0) is 11.3. The quantitative estimate of drug-likeness (QED) is 0.623. The third-order valence-electron chi connectivity index (χ3n) is 4.06. The number of allylic oxidation sites excluding steroid dienone is 3. The van der Waals surface area contributed by atoms with Gasteiger partial charge in [-0.3, -0.25) is 4.79 Å². The average Bonchev–Trinajstić information content (AvgIpc) is 2.92. The topological polar surface area (TPSA) is 35.5 Å². The van der Waals surface area contributed by atoms with Crippen LogP contribution in [0.1, 0.15) is 13.8 Å². The maximum absolute atomic E-state index is 12.2. The van der Waals surface area contributed by atoms with E-state index < -0.39 is 5.79 Å². The minimum Gasteiger partial charge on any atom is -0.343 e. The Kier molecular flexibility index (Phi) is 2.10. The highest BCUT2D eigenvalue weighted by atomic mass is 16.7. The molecule has 0 aromatic carbocycles. The molecular weight excluding hydrogens is 204 g/mol. The van der Waals surface area contributed by atoms with Gasteiger partial charge >= 0.3 is 0 Å². The van der Waals surface area contributed by atoms with E-state index in [1.54, 1.807) is 0 Å². The first kappa shape index (κ1) is 10.2. The van der Waals surface area contributed by atoms with Crippen molar-refractivity contribution in [3.63, 3.8) is 0 Å². The molecule has 0 aromatic rings. The van der Waals surface area contributed by atoms with Crippen molar-refractivity contribution in [3.8, 4) is 0 Å². The summed E-state index contributed by atoms with van der Waals surface area (Å²) < 4.78 is 11.6. The summed E-state index contributed by atoms with van der Waals surface area (Å²) in [4.78, 5) is 12.2. The lowest BCUT2D eigenvalue weighted by atomic mass is 9.69. The second-order valence-corrected chi connectivity index (χ2v) is 4.81. The van der Waals surface area contributed by atoms with E-state index in [0.717, 1.165) is 5.57 Å². The van der Waals surface area contributed by atoms with Gasteiger partial charge in [-0.25, -0.2) is 0 Å². The van der Waals surface area contributed by atoms with Crippen molar-refractivity contribution < 1.29 is 14.3 Å². The van der Waals surface area contributed by atoms with E-state index in [4.69, 9.17) is 9.47 Å². The van der Waals surface area contributed by atoms with E-state index in [-0.39, 0.29) is 23.5 Å². The van der Waals surface area contributed by atoms with E-state index in [9.17, 15) is 4.79 Å². The maximum atomic E-state index is 12.2. The van der Waals surface area contributed by atoms with Gasteiger partial charge in [-0.2, -0.15) is 0 Å². The molecule has 0 aromatic heterocycles. The Hall–Kier alpha value is -0.930. The van der Waals surface area contributed by atoms with Crippen LogP contribution in [0.15, 0.2) is 23.8 Å². The van der Waals surface area contributed by atoms with E-state index in [1.165, 1.54) is 0 Å². The normalized spacial score (nSPS) is 40.2. The third kappa shape index (κ3) is 1.08. The van der Waals surface area contributed by atoms with Gasteiger partial charge in [0.05, 0.1) is 19.1 Å². The van der Waals surface area contributed by atoms with Crippen molar-refractivity contribution in [1.29, 1.82) is 0 Å². The minimum atomic E-state index is -0.766. The molecule has 1 heterocycles. The lowest BCUT2D eigenvalue weighted by Gasteiger charge is -2.43. The second kappa shape index (κ2) is 3.28. The highest BCUT2D eigenvalue weighted by molar-refractivity contribution is 5.87. The molecular formula is C13H16O3. The molecule has 3 atom stereocenters. The van der Waals surface area contributed by atoms with Crippen LogP contribution in [-0.4, -0.2) is 24.8 Å². The van der Waals surface area contributed by atoms with Gasteiger partial charge in [-0.05, 0) is 12.5 Å². The highest BCUT2D eigenvalue weighted by Crippen LogP contribution is 2.49. The Labute approximate surface area is 95.1 Å². The van der Waals surface area contributed by atoms with Crippen LogP contribution in [0.2, 0.25) is 0 Å². The number of fused-ring (bicyclic) bond motifs is 2. The minimum absolute atomic E-state index is 0.0402. The summed E-state index contributed by atoms with van der Waals surface area (Å²) in [5, 5.41) is 0. The molecule has 1 saturated heterocycles. The van der Waals surface area contributed by atoms with Gasteiger partial charge < -0.3 is 9.47 Å². The molecule has 2 fully saturated rings. The van der Waals surface area contributed by atoms with Crippen LogP contribution in [0.4, 0.5) is 0 Å². The molecule has 1 spiro atoms. The summed E-state index contributed by atoms with van der Waals surface area (Å²) in [5.41, 5.74) is 1.13. The van der Waals surface area contributed by atoms with Crippen LogP contribution in [0.5, 0.6) is 0 Å². The van der Waals surface area contributed by atoms with Crippen molar-refractivity contribution in [3.05, 3.63) is 23.8 Å². The average molecular weight is 220 g/mol. The molecule has 3 aliphatic rings. The molecule has 0 unspecified atom stereocenters. The molecule has 86 valence electrons. The standard InChI is InChI=1S/C13H16O3/c1-8-10-4-3-5-11(10)13(9(2)12(8)14)15-6-7-16-13/h3-5,8-10H,6-7H2,1-2H3/t8-,9+,10-/m0/s1. The highest BCUT2D eigenvalue weighted by Gasteiger charge is 2.56. The SMILES string of the molecule is C[C@@H]1C(=O)[C@@H](C)C2(OCCO2)C2=CC=C[C@H]21. The molecule has 3 nitrogen and oxygen atoms in total. The van der Waals surface area contributed by atoms with Crippen LogP contribution >= 0.6 is 0 Å². The molecule has 2 aliphatic carbocycles. The van der Waals surface area contributed by atoms with E-state index >= 15 is 0 Å². The fourth-order valence-electron chi connectivity index (χ4n) is 3.13. The van der Waals surface area contributed by atoms with Gasteiger partial charge in [-0.1, -0.05) is 25.2 Å². The van der Waals surface area contributed by atoms with Crippen LogP contribution < -0.4 is 0 Å². The number of carbonyl (C=O) groups is 1. The predicted octanol–water partition coefficient (Wildman–Crippen LogP) is 1.70. The van der Waals surface area contributed by atoms with Crippen LogP contribution in [0.3, 0.4) is 0 Å². The Balaban J connectivity index is 2.07. The fraction of sp³-hybridized carbons (Fsp3) is 0.615. The van der Waals surface area contributed by atoms with Gasteiger partial charge in [0.1, 0.15) is 5.78 Å². The first-order valence-electron chi connectivity index (χ1n) is 5.87. The summed E-state index contributed by atoms with van der Waals surface area (Å²) in [6.45, 7) is 5.07. The third-order valence-corrected chi connectivity index (χ3v) is 4.06. The molecule has 3 heteroatoms. The number of rotatable bonds is 0. The Morgan fingerprint density at radius 3 is 2.69 bits per heavy atom. The number of ketones is 1. The largest absolute Gasteiger partial charge is 0.343 e. The Morgan fingerprint density at radius 1 is 1.31 bits per heavy atom. The first-order chi connectivity index (χ1) is 7.67. The summed E-state index contributed by atoms with van der Waals surface area (Å²) >= 11 is 0. The molecule has 3 rings (SSSR count). The lowest BCUT2D eigenvalue weighted by molar-refractivity contribution is -0.186. The molecule has 0 bridgehead atoms. The fourth-order valence-corrected chi connectivity index (χ4v) is 3.13. The number of hydrogen-bond acceptors (Lipinski definition) is 3. The van der Waals surface area contributed by atoms with Crippen LogP contribution in [-0.2, 0) is 14.3 Å². The van der Waals surface area contributed by atoms with Crippen molar-refractivity contribution in [2.24, 2.45) is 17.8 Å². The van der Waals surface area contributed by atoms with Crippen molar-refractivity contribution in [1.82, 2.24) is 0 Å². The monoisotopic (exact) mass is 220 g/mol. The van der Waals surface area contributed by atoms with E-state index in [0.29, 0.717) is 13.2 Å². The maximum Gasteiger partial charge on any atom is 0.201 e. The van der Waals surface area contributed by atoms with Crippen molar-refractivity contribution in [2.75, 3.05) is 13.2 Å². The van der Waals surface area contributed by atoms with Gasteiger partial charge in [0.15, 0.2) is 0 Å². The predicted molar refractivity (Wildman–Crippen MR) is 58.7 cm³/mol. The van der Waals surface area contributed by atoms with Gasteiger partial charge in [0, 0.05) is 11.8 Å². The molecule has 1 saturated carbocycles. The zero-order valence-electron chi connectivity index (χ0n) is 9.60.